The molecule has 0 saturated heterocycles. The highest BCUT2D eigenvalue weighted by Crippen LogP contribution is 2.28. The first kappa shape index (κ1) is 13.6. The zero-order chi connectivity index (χ0) is 13.9. The summed E-state index contributed by atoms with van der Waals surface area (Å²) in [5.74, 6) is -0.212. The van der Waals surface area contributed by atoms with Gasteiger partial charge >= 0.3 is 10.1 Å². The number of thiophene rings is 1. The summed E-state index contributed by atoms with van der Waals surface area (Å²) in [4.78, 5) is 11.0. The molecule has 2 aromatic rings. The number of anilines is 1. The first-order valence-corrected chi connectivity index (χ1v) is 7.62. The van der Waals surface area contributed by atoms with Gasteiger partial charge in [-0.2, -0.15) is 8.42 Å². The predicted molar refractivity (Wildman–Crippen MR) is 72.9 cm³/mol. The van der Waals surface area contributed by atoms with Crippen LogP contribution in [0.15, 0.2) is 46.0 Å². The van der Waals surface area contributed by atoms with Crippen LogP contribution >= 0.6 is 11.3 Å². The van der Waals surface area contributed by atoms with E-state index in [1.807, 2.05) is 0 Å². The van der Waals surface area contributed by atoms with Crippen molar-refractivity contribution in [2.45, 2.75) is 11.1 Å². The van der Waals surface area contributed by atoms with E-state index in [0.717, 1.165) is 11.3 Å². The highest BCUT2D eigenvalue weighted by atomic mass is 32.3. The van der Waals surface area contributed by atoms with Crippen molar-refractivity contribution in [3.8, 4) is 5.75 Å². The van der Waals surface area contributed by atoms with Gasteiger partial charge in [0.05, 0.1) is 5.69 Å². The smallest absolute Gasteiger partial charge is 0.348 e. The summed E-state index contributed by atoms with van der Waals surface area (Å²) < 4.78 is 29.1. The molecule has 100 valence electrons. The van der Waals surface area contributed by atoms with Crippen molar-refractivity contribution in [2.24, 2.45) is 0 Å². The Morgan fingerprint density at radius 1 is 1.21 bits per heavy atom. The van der Waals surface area contributed by atoms with Gasteiger partial charge < -0.3 is 9.50 Å². The Hall–Kier alpha value is -1.86. The summed E-state index contributed by atoms with van der Waals surface area (Å²) in [5.41, 5.74) is 0.315. The normalized spacial score (nSPS) is 11.0. The summed E-state index contributed by atoms with van der Waals surface area (Å²) in [6.45, 7) is 1.34. The van der Waals surface area contributed by atoms with Crippen LogP contribution in [0.3, 0.4) is 0 Å². The Kier molecular flexibility index (Phi) is 3.87. The molecule has 0 radical (unpaired) electrons. The minimum atomic E-state index is -3.86. The van der Waals surface area contributed by atoms with E-state index in [4.69, 9.17) is 4.18 Å². The Morgan fingerprint density at radius 3 is 2.58 bits per heavy atom. The third-order valence-corrected chi connectivity index (χ3v) is 4.73. The standard InChI is InChI=1S/C12H11NO4S2/c1-9(14)13-10-5-2-3-6-11(10)17-19(15,16)12-7-4-8-18-12/h2-8H,1H3,(H,13,14). The lowest BCUT2D eigenvalue weighted by molar-refractivity contribution is -0.114. The molecular formula is C12H11NO4S2. The minimum Gasteiger partial charge on any atom is -0.376 e. The van der Waals surface area contributed by atoms with Crippen LogP contribution in [0, 0.1) is 0 Å². The molecule has 0 aliphatic rings. The van der Waals surface area contributed by atoms with Crippen molar-refractivity contribution in [1.29, 1.82) is 0 Å². The van der Waals surface area contributed by atoms with Crippen LogP contribution in [0.5, 0.6) is 5.75 Å². The quantitative estimate of drug-likeness (QED) is 0.880. The summed E-state index contributed by atoms with van der Waals surface area (Å²) in [6.07, 6.45) is 0. The number of carbonyl (C=O) groups is 1. The number of amides is 1. The third-order valence-electron chi connectivity index (χ3n) is 2.14. The zero-order valence-corrected chi connectivity index (χ0v) is 11.6. The summed E-state index contributed by atoms with van der Waals surface area (Å²) in [7, 11) is -3.86. The number of hydrogen-bond acceptors (Lipinski definition) is 5. The molecule has 7 heteroatoms. The van der Waals surface area contributed by atoms with Gasteiger partial charge in [-0.15, -0.1) is 11.3 Å². The van der Waals surface area contributed by atoms with Gasteiger partial charge in [-0.1, -0.05) is 18.2 Å². The lowest BCUT2D eigenvalue weighted by Crippen LogP contribution is -2.12. The Morgan fingerprint density at radius 2 is 1.95 bits per heavy atom. The average molecular weight is 297 g/mol. The van der Waals surface area contributed by atoms with E-state index in [1.54, 1.807) is 29.6 Å². The molecule has 1 heterocycles. The van der Waals surface area contributed by atoms with E-state index in [-0.39, 0.29) is 15.9 Å². The molecular weight excluding hydrogens is 286 g/mol. The minimum absolute atomic E-state index is 0.0890. The largest absolute Gasteiger partial charge is 0.376 e. The molecule has 1 aromatic heterocycles. The van der Waals surface area contributed by atoms with Crippen LogP contribution in [0.4, 0.5) is 5.69 Å². The molecule has 5 nitrogen and oxygen atoms in total. The van der Waals surface area contributed by atoms with E-state index in [2.05, 4.69) is 5.32 Å². The number of benzene rings is 1. The maximum Gasteiger partial charge on any atom is 0.348 e. The van der Waals surface area contributed by atoms with Gasteiger partial charge in [0, 0.05) is 6.92 Å². The number of nitrogens with one attached hydrogen (secondary N) is 1. The lowest BCUT2D eigenvalue weighted by atomic mass is 10.3. The second kappa shape index (κ2) is 5.41. The average Bonchev–Trinajstić information content (AvgIpc) is 2.85. The summed E-state index contributed by atoms with van der Waals surface area (Å²) >= 11 is 1.07. The summed E-state index contributed by atoms with van der Waals surface area (Å²) in [5, 5.41) is 4.17. The molecule has 0 fully saturated rings. The molecule has 1 aromatic carbocycles. The summed E-state index contributed by atoms with van der Waals surface area (Å²) in [6, 6.07) is 9.44. The monoisotopic (exact) mass is 297 g/mol. The van der Waals surface area contributed by atoms with Gasteiger partial charge in [0.2, 0.25) is 5.91 Å². The van der Waals surface area contributed by atoms with Gasteiger partial charge in [0.1, 0.15) is 0 Å². The maximum absolute atomic E-state index is 12.0. The van der Waals surface area contributed by atoms with Crippen LogP contribution in [0.2, 0.25) is 0 Å². The predicted octanol–water partition coefficient (Wildman–Crippen LogP) is 2.47. The first-order valence-electron chi connectivity index (χ1n) is 5.33. The van der Waals surface area contributed by atoms with Crippen LogP contribution in [0.25, 0.3) is 0 Å². The van der Waals surface area contributed by atoms with Gasteiger partial charge in [0.25, 0.3) is 0 Å². The number of para-hydroxylation sites is 2. The Bertz CT molecular complexity index is 678. The first-order chi connectivity index (χ1) is 8.99. The molecule has 0 spiro atoms. The molecule has 1 N–H and O–H groups in total. The topological polar surface area (TPSA) is 72.5 Å². The van der Waals surface area contributed by atoms with Crippen LogP contribution < -0.4 is 9.50 Å². The van der Waals surface area contributed by atoms with E-state index in [1.165, 1.54) is 19.1 Å². The van der Waals surface area contributed by atoms with Crippen molar-refractivity contribution in [2.75, 3.05) is 5.32 Å². The van der Waals surface area contributed by atoms with E-state index < -0.39 is 10.1 Å². The van der Waals surface area contributed by atoms with Gasteiger partial charge in [-0.05, 0) is 23.6 Å². The molecule has 0 bridgehead atoms. The molecule has 2 rings (SSSR count). The fourth-order valence-electron chi connectivity index (χ4n) is 1.40. The van der Waals surface area contributed by atoms with Gasteiger partial charge in [-0.25, -0.2) is 0 Å². The molecule has 0 atom stereocenters. The second-order valence-corrected chi connectivity index (χ2v) is 6.37. The van der Waals surface area contributed by atoms with Crippen molar-refractivity contribution in [3.63, 3.8) is 0 Å². The molecule has 0 aliphatic carbocycles. The van der Waals surface area contributed by atoms with E-state index in [9.17, 15) is 13.2 Å². The molecule has 19 heavy (non-hydrogen) atoms. The fourth-order valence-corrected chi connectivity index (χ4v) is 3.29. The van der Waals surface area contributed by atoms with Crippen molar-refractivity contribution < 1.29 is 17.4 Å². The second-order valence-electron chi connectivity index (χ2n) is 3.65. The van der Waals surface area contributed by atoms with E-state index in [0.29, 0.717) is 5.69 Å². The number of carbonyl (C=O) groups excluding carboxylic acids is 1. The van der Waals surface area contributed by atoms with Crippen LogP contribution in [-0.2, 0) is 14.9 Å². The Labute approximate surface area is 115 Å². The van der Waals surface area contributed by atoms with Crippen molar-refractivity contribution in [3.05, 3.63) is 41.8 Å². The molecule has 0 aliphatic heterocycles. The highest BCUT2D eigenvalue weighted by Gasteiger charge is 2.19. The fraction of sp³-hybridized carbons (Fsp3) is 0.0833. The van der Waals surface area contributed by atoms with Gasteiger partial charge in [0.15, 0.2) is 9.96 Å². The number of hydrogen-bond donors (Lipinski definition) is 1. The maximum atomic E-state index is 12.0. The van der Waals surface area contributed by atoms with E-state index >= 15 is 0 Å². The Balaban J connectivity index is 2.31. The molecule has 0 unspecified atom stereocenters. The van der Waals surface area contributed by atoms with Crippen molar-refractivity contribution >= 4 is 33.0 Å². The van der Waals surface area contributed by atoms with Crippen molar-refractivity contribution in [1.82, 2.24) is 0 Å². The van der Waals surface area contributed by atoms with Gasteiger partial charge in [-0.3, -0.25) is 4.79 Å². The van der Waals surface area contributed by atoms with Crippen LogP contribution in [-0.4, -0.2) is 14.3 Å². The van der Waals surface area contributed by atoms with Crippen LogP contribution in [0.1, 0.15) is 6.92 Å². The lowest BCUT2D eigenvalue weighted by Gasteiger charge is -2.10. The molecule has 1 amide bonds. The molecule has 0 saturated carbocycles. The SMILES string of the molecule is CC(=O)Nc1ccccc1OS(=O)(=O)c1cccs1. The highest BCUT2D eigenvalue weighted by molar-refractivity contribution is 7.89. The third kappa shape index (κ3) is 3.33. The zero-order valence-electron chi connectivity index (χ0n) is 9.99. The number of rotatable bonds is 4.